The van der Waals surface area contributed by atoms with Crippen LogP contribution in [0.1, 0.15) is 116 Å². The molecule has 3 N–H and O–H groups in total. The lowest BCUT2D eigenvalue weighted by atomic mass is 10.0. The second-order valence-corrected chi connectivity index (χ2v) is 12.0. The predicted octanol–water partition coefficient (Wildman–Crippen LogP) is 8.86. The van der Waals surface area contributed by atoms with E-state index in [1.54, 1.807) is 36.4 Å². The lowest BCUT2D eigenvalue weighted by Crippen LogP contribution is -2.34. The number of unbranched alkanes of at least 4 members (excludes halogenated alkanes) is 15. The molecule has 9 nitrogen and oxygen atoms in total. The summed E-state index contributed by atoms with van der Waals surface area (Å²) in [6, 6.07) is 11.6. The average molecular weight is 644 g/mol. The van der Waals surface area contributed by atoms with E-state index >= 15 is 0 Å². The second kappa shape index (κ2) is 24.6. The third-order valence-electron chi connectivity index (χ3n) is 7.79. The molecule has 0 unspecified atom stereocenters. The molecule has 0 amide bonds. The molecule has 0 saturated heterocycles. The molecule has 0 aliphatic rings. The highest BCUT2D eigenvalue weighted by Gasteiger charge is 2.17. The third-order valence-corrected chi connectivity index (χ3v) is 7.79. The molecule has 0 aliphatic carbocycles. The lowest BCUT2D eigenvalue weighted by Gasteiger charge is -2.22. The maximum atomic E-state index is 11.4. The standard InChI is InChI=1S/C37H57NO8/c1-2-3-4-5-6-7-8-9-10-11-12-13-14-15-16-17-22-45-34-25-31(38(29-36(40)41)30-37(42)43)26-35(28-34)46-24-19-23-44-33-21-18-20-32(39)27-33/h18,20-21,25-28,39H,2-17,19,22-24,29-30H2,1H3,(H,40,41)(H,42,43). The normalized spacial score (nSPS) is 10.9. The van der Waals surface area contributed by atoms with Gasteiger partial charge in [0.1, 0.15) is 36.1 Å². The van der Waals surface area contributed by atoms with Gasteiger partial charge in [-0.15, -0.1) is 0 Å². The van der Waals surface area contributed by atoms with Gasteiger partial charge in [-0.3, -0.25) is 9.59 Å². The van der Waals surface area contributed by atoms with Crippen LogP contribution < -0.4 is 19.1 Å². The summed E-state index contributed by atoms with van der Waals surface area (Å²) in [6.45, 7) is 2.53. The summed E-state index contributed by atoms with van der Waals surface area (Å²) in [4.78, 5) is 24.1. The van der Waals surface area contributed by atoms with E-state index in [4.69, 9.17) is 14.2 Å². The molecule has 0 bridgehead atoms. The van der Waals surface area contributed by atoms with Gasteiger partial charge >= 0.3 is 11.9 Å². The summed E-state index contributed by atoms with van der Waals surface area (Å²) in [5.74, 6) is -0.614. The number of benzene rings is 2. The fourth-order valence-corrected chi connectivity index (χ4v) is 5.32. The van der Waals surface area contributed by atoms with Gasteiger partial charge in [0.15, 0.2) is 0 Å². The van der Waals surface area contributed by atoms with Crippen molar-refractivity contribution < 1.29 is 39.1 Å². The van der Waals surface area contributed by atoms with E-state index in [1.165, 1.54) is 101 Å². The highest BCUT2D eigenvalue weighted by molar-refractivity contribution is 5.80. The van der Waals surface area contributed by atoms with E-state index in [9.17, 15) is 24.9 Å². The smallest absolute Gasteiger partial charge is 0.323 e. The van der Waals surface area contributed by atoms with E-state index < -0.39 is 25.0 Å². The van der Waals surface area contributed by atoms with Crippen LogP contribution in [-0.2, 0) is 9.59 Å². The first-order valence-electron chi connectivity index (χ1n) is 17.4. The summed E-state index contributed by atoms with van der Waals surface area (Å²) in [6.07, 6.45) is 21.3. The molecular weight excluding hydrogens is 586 g/mol. The third kappa shape index (κ3) is 19.0. The molecule has 258 valence electrons. The molecule has 0 heterocycles. The van der Waals surface area contributed by atoms with Gasteiger partial charge in [-0.1, -0.05) is 109 Å². The number of hydrogen-bond acceptors (Lipinski definition) is 7. The molecule has 9 heteroatoms. The second-order valence-electron chi connectivity index (χ2n) is 12.0. The van der Waals surface area contributed by atoms with Gasteiger partial charge < -0.3 is 34.4 Å². The largest absolute Gasteiger partial charge is 0.508 e. The number of carboxylic acids is 2. The Morgan fingerprint density at radius 2 is 1.00 bits per heavy atom. The summed E-state index contributed by atoms with van der Waals surface area (Å²) in [7, 11) is 0. The maximum Gasteiger partial charge on any atom is 0.323 e. The lowest BCUT2D eigenvalue weighted by molar-refractivity contribution is -0.136. The molecule has 2 rings (SSSR count). The van der Waals surface area contributed by atoms with Crippen molar-refractivity contribution in [3.8, 4) is 23.0 Å². The fourth-order valence-electron chi connectivity index (χ4n) is 5.32. The number of carboxylic acid groups (broad SMARTS) is 2. The van der Waals surface area contributed by atoms with Gasteiger partial charge in [0, 0.05) is 36.4 Å². The van der Waals surface area contributed by atoms with E-state index in [2.05, 4.69) is 6.92 Å². The van der Waals surface area contributed by atoms with Crippen LogP contribution in [0.15, 0.2) is 42.5 Å². The molecule has 0 fully saturated rings. The Labute approximate surface area is 275 Å². The zero-order valence-corrected chi connectivity index (χ0v) is 27.9. The molecule has 0 aromatic heterocycles. The first-order valence-corrected chi connectivity index (χ1v) is 17.4. The van der Waals surface area contributed by atoms with E-state index in [0.717, 1.165) is 12.8 Å². The molecular formula is C37H57NO8. The monoisotopic (exact) mass is 643 g/mol. The molecule has 2 aromatic rings. The van der Waals surface area contributed by atoms with Crippen LogP contribution in [0.3, 0.4) is 0 Å². The SMILES string of the molecule is CCCCCCCCCCCCCCCCCCOc1cc(OCCCOc2cccc(O)c2)cc(N(CC(=O)O)CC(=O)O)c1. The van der Waals surface area contributed by atoms with Crippen LogP contribution >= 0.6 is 0 Å². The van der Waals surface area contributed by atoms with Crippen molar-refractivity contribution in [2.75, 3.05) is 37.8 Å². The van der Waals surface area contributed by atoms with Crippen LogP contribution in [-0.4, -0.2) is 60.2 Å². The Hall–Kier alpha value is -3.62. The highest BCUT2D eigenvalue weighted by Crippen LogP contribution is 2.29. The van der Waals surface area contributed by atoms with Crippen LogP contribution in [0.4, 0.5) is 5.69 Å². The van der Waals surface area contributed by atoms with Gasteiger partial charge in [0.25, 0.3) is 0 Å². The number of phenols is 1. The quantitative estimate of drug-likeness (QED) is 0.0745. The van der Waals surface area contributed by atoms with Crippen molar-refractivity contribution in [2.24, 2.45) is 0 Å². The Bertz CT molecular complexity index is 1090. The zero-order valence-electron chi connectivity index (χ0n) is 27.9. The average Bonchev–Trinajstić information content (AvgIpc) is 3.01. The van der Waals surface area contributed by atoms with Crippen LogP contribution in [0, 0.1) is 0 Å². The van der Waals surface area contributed by atoms with Crippen molar-refractivity contribution in [1.82, 2.24) is 0 Å². The van der Waals surface area contributed by atoms with Gasteiger partial charge in [0.2, 0.25) is 0 Å². The summed E-state index contributed by atoms with van der Waals surface area (Å²) < 4.78 is 17.6. The van der Waals surface area contributed by atoms with Gasteiger partial charge in [-0.2, -0.15) is 0 Å². The van der Waals surface area contributed by atoms with Crippen molar-refractivity contribution >= 4 is 17.6 Å². The number of carbonyl (C=O) groups is 2. The van der Waals surface area contributed by atoms with Crippen molar-refractivity contribution in [1.29, 1.82) is 0 Å². The van der Waals surface area contributed by atoms with E-state index in [1.807, 2.05) is 0 Å². The van der Waals surface area contributed by atoms with E-state index in [0.29, 0.717) is 49.2 Å². The van der Waals surface area contributed by atoms with Crippen LogP contribution in [0.5, 0.6) is 23.0 Å². The van der Waals surface area contributed by atoms with Crippen LogP contribution in [0.25, 0.3) is 0 Å². The maximum absolute atomic E-state index is 11.4. The van der Waals surface area contributed by atoms with Crippen molar-refractivity contribution in [2.45, 2.75) is 116 Å². The number of aromatic hydroxyl groups is 1. The molecule has 0 radical (unpaired) electrons. The van der Waals surface area contributed by atoms with Gasteiger partial charge in [-0.05, 0) is 18.6 Å². The van der Waals surface area contributed by atoms with Crippen LogP contribution in [0.2, 0.25) is 0 Å². The van der Waals surface area contributed by atoms with E-state index in [-0.39, 0.29) is 5.75 Å². The molecule has 46 heavy (non-hydrogen) atoms. The number of phenolic OH excluding ortho intramolecular Hbond substituents is 1. The minimum absolute atomic E-state index is 0.130. The first-order chi connectivity index (χ1) is 22.4. The minimum Gasteiger partial charge on any atom is -0.508 e. The molecule has 2 aromatic carbocycles. The number of ether oxygens (including phenoxy) is 3. The van der Waals surface area contributed by atoms with Crippen molar-refractivity contribution in [3.05, 3.63) is 42.5 Å². The summed E-state index contributed by atoms with van der Waals surface area (Å²) in [5.41, 5.74) is 0.403. The topological polar surface area (TPSA) is 126 Å². The Kier molecular flexibility index (Phi) is 20.6. The Morgan fingerprint density at radius 3 is 1.46 bits per heavy atom. The molecule has 0 aliphatic heterocycles. The Balaban J connectivity index is 1.72. The van der Waals surface area contributed by atoms with Gasteiger partial charge in [0.05, 0.1) is 19.8 Å². The summed E-state index contributed by atoms with van der Waals surface area (Å²) >= 11 is 0. The minimum atomic E-state index is -1.13. The number of anilines is 1. The predicted molar refractivity (Wildman–Crippen MR) is 183 cm³/mol. The van der Waals surface area contributed by atoms with Gasteiger partial charge in [-0.25, -0.2) is 0 Å². The number of rotatable bonds is 29. The molecule has 0 spiro atoms. The molecule has 0 saturated carbocycles. The first kappa shape index (κ1) is 38.6. The number of aliphatic carboxylic acids is 2. The highest BCUT2D eigenvalue weighted by atomic mass is 16.5. The van der Waals surface area contributed by atoms with Crippen molar-refractivity contribution in [3.63, 3.8) is 0 Å². The fraction of sp³-hybridized carbons (Fsp3) is 0.622. The number of hydrogen-bond donors (Lipinski definition) is 3. The molecule has 0 atom stereocenters. The number of nitrogens with zero attached hydrogens (tertiary/aromatic N) is 1. The Morgan fingerprint density at radius 1 is 0.565 bits per heavy atom. The summed E-state index contributed by atoms with van der Waals surface area (Å²) in [5, 5.41) is 28.3. The zero-order chi connectivity index (χ0) is 33.2.